The lowest BCUT2D eigenvalue weighted by molar-refractivity contribution is -0.126. The van der Waals surface area contributed by atoms with Crippen LogP contribution in [-0.4, -0.2) is 51.1 Å². The minimum absolute atomic E-state index is 0.111. The molecule has 0 spiro atoms. The number of nitrogens with zero attached hydrogens (tertiary/aromatic N) is 1. The molecular formula is C19H24N2O4S. The van der Waals surface area contributed by atoms with E-state index >= 15 is 0 Å². The summed E-state index contributed by atoms with van der Waals surface area (Å²) in [5.74, 6) is 0.383. The number of carbonyl (C=O) groups excluding carboxylic acids is 1. The second-order valence-electron chi connectivity index (χ2n) is 6.58. The van der Waals surface area contributed by atoms with Crippen molar-refractivity contribution in [2.45, 2.75) is 12.8 Å². The molecule has 1 atom stereocenters. The van der Waals surface area contributed by atoms with Gasteiger partial charge in [0.15, 0.2) is 0 Å². The molecule has 0 aromatic heterocycles. The van der Waals surface area contributed by atoms with Gasteiger partial charge in [0, 0.05) is 18.5 Å². The average Bonchev–Trinajstić information content (AvgIpc) is 2.64. The van der Waals surface area contributed by atoms with E-state index in [0.29, 0.717) is 32.5 Å². The van der Waals surface area contributed by atoms with Gasteiger partial charge in [-0.2, -0.15) is 0 Å². The highest BCUT2D eigenvalue weighted by Crippen LogP contribution is 2.25. The maximum Gasteiger partial charge on any atom is 0.224 e. The van der Waals surface area contributed by atoms with Crippen LogP contribution in [0, 0.1) is 5.92 Å². The molecule has 2 aromatic rings. The van der Waals surface area contributed by atoms with Crippen molar-refractivity contribution in [1.29, 1.82) is 0 Å². The van der Waals surface area contributed by atoms with E-state index in [2.05, 4.69) is 5.32 Å². The van der Waals surface area contributed by atoms with Crippen LogP contribution >= 0.6 is 0 Å². The van der Waals surface area contributed by atoms with E-state index in [1.54, 1.807) is 0 Å². The van der Waals surface area contributed by atoms with Gasteiger partial charge < -0.3 is 10.1 Å². The SMILES string of the molecule is CS(=O)(=O)N1CCCC(C(=O)NCCOc2cccc3ccccc23)C1. The second-order valence-corrected chi connectivity index (χ2v) is 8.56. The molecule has 1 fully saturated rings. The van der Waals surface area contributed by atoms with Crippen LogP contribution in [0.1, 0.15) is 12.8 Å². The van der Waals surface area contributed by atoms with Crippen molar-refractivity contribution in [2.24, 2.45) is 5.92 Å². The largest absolute Gasteiger partial charge is 0.491 e. The summed E-state index contributed by atoms with van der Waals surface area (Å²) in [6.45, 7) is 1.50. The van der Waals surface area contributed by atoms with Gasteiger partial charge in [0.1, 0.15) is 12.4 Å². The number of hydrogen-bond acceptors (Lipinski definition) is 4. The standard InChI is InChI=1S/C19H24N2O4S/c1-26(23,24)21-12-5-8-16(14-21)19(22)20-11-13-25-18-10-4-7-15-6-2-3-9-17(15)18/h2-4,6-7,9-10,16H,5,8,11-14H2,1H3,(H,20,22). The van der Waals surface area contributed by atoms with E-state index in [4.69, 9.17) is 4.74 Å². The summed E-state index contributed by atoms with van der Waals surface area (Å²) in [6.07, 6.45) is 2.60. The first-order valence-corrected chi connectivity index (χ1v) is 10.6. The molecule has 1 amide bonds. The van der Waals surface area contributed by atoms with E-state index < -0.39 is 10.0 Å². The number of nitrogens with one attached hydrogen (secondary N) is 1. The first kappa shape index (κ1) is 18.7. The molecule has 7 heteroatoms. The van der Waals surface area contributed by atoms with Gasteiger partial charge in [-0.3, -0.25) is 4.79 Å². The van der Waals surface area contributed by atoms with Crippen molar-refractivity contribution in [3.05, 3.63) is 42.5 Å². The molecule has 1 saturated heterocycles. The third-order valence-corrected chi connectivity index (χ3v) is 5.90. The first-order chi connectivity index (χ1) is 12.4. The topological polar surface area (TPSA) is 75.7 Å². The number of hydrogen-bond donors (Lipinski definition) is 1. The Kier molecular flexibility index (Phi) is 5.78. The van der Waals surface area contributed by atoms with Crippen LogP contribution in [0.25, 0.3) is 10.8 Å². The summed E-state index contributed by atoms with van der Waals surface area (Å²) >= 11 is 0. The number of sulfonamides is 1. The predicted molar refractivity (Wildman–Crippen MR) is 102 cm³/mol. The molecule has 0 bridgehead atoms. The molecule has 2 aromatic carbocycles. The van der Waals surface area contributed by atoms with E-state index in [9.17, 15) is 13.2 Å². The van der Waals surface area contributed by atoms with Crippen LogP contribution in [0.4, 0.5) is 0 Å². The monoisotopic (exact) mass is 376 g/mol. The summed E-state index contributed by atoms with van der Waals surface area (Å²) in [6, 6.07) is 13.9. The molecule has 1 N–H and O–H groups in total. The van der Waals surface area contributed by atoms with Gasteiger partial charge in [-0.15, -0.1) is 0 Å². The van der Waals surface area contributed by atoms with Gasteiger partial charge in [0.05, 0.1) is 18.7 Å². The minimum atomic E-state index is -3.25. The van der Waals surface area contributed by atoms with Gasteiger partial charge >= 0.3 is 0 Å². The smallest absolute Gasteiger partial charge is 0.224 e. The summed E-state index contributed by atoms with van der Waals surface area (Å²) in [5.41, 5.74) is 0. The zero-order chi connectivity index (χ0) is 18.6. The van der Waals surface area contributed by atoms with Crippen molar-refractivity contribution in [3.8, 4) is 5.75 Å². The molecule has 6 nitrogen and oxygen atoms in total. The Morgan fingerprint density at radius 1 is 1.23 bits per heavy atom. The Labute approximate surface area is 154 Å². The number of piperidine rings is 1. The lowest BCUT2D eigenvalue weighted by Gasteiger charge is -2.30. The summed E-state index contributed by atoms with van der Waals surface area (Å²) in [4.78, 5) is 12.3. The zero-order valence-corrected chi connectivity index (χ0v) is 15.7. The number of ether oxygens (including phenoxy) is 1. The van der Waals surface area contributed by atoms with Crippen LogP contribution in [0.15, 0.2) is 42.5 Å². The zero-order valence-electron chi connectivity index (χ0n) is 14.8. The molecule has 0 saturated carbocycles. The number of fused-ring (bicyclic) bond motifs is 1. The average molecular weight is 376 g/mol. The Morgan fingerprint density at radius 3 is 2.81 bits per heavy atom. The highest BCUT2D eigenvalue weighted by molar-refractivity contribution is 7.88. The number of rotatable bonds is 6. The van der Waals surface area contributed by atoms with Crippen molar-refractivity contribution < 1.29 is 17.9 Å². The maximum absolute atomic E-state index is 12.3. The predicted octanol–water partition coefficient (Wildman–Crippen LogP) is 2.01. The van der Waals surface area contributed by atoms with Crippen LogP contribution in [0.3, 0.4) is 0 Å². The van der Waals surface area contributed by atoms with E-state index in [0.717, 1.165) is 16.5 Å². The number of carbonyl (C=O) groups is 1. The fourth-order valence-electron chi connectivity index (χ4n) is 3.26. The molecular weight excluding hydrogens is 352 g/mol. The Hall–Kier alpha value is -2.12. The molecule has 0 radical (unpaired) electrons. The maximum atomic E-state index is 12.3. The molecule has 3 rings (SSSR count). The van der Waals surface area contributed by atoms with Crippen molar-refractivity contribution in [2.75, 3.05) is 32.5 Å². The summed E-state index contributed by atoms with van der Waals surface area (Å²) < 4.78 is 30.5. The fourth-order valence-corrected chi connectivity index (χ4v) is 4.17. The highest BCUT2D eigenvalue weighted by atomic mass is 32.2. The highest BCUT2D eigenvalue weighted by Gasteiger charge is 2.29. The van der Waals surface area contributed by atoms with E-state index in [1.807, 2.05) is 42.5 Å². The van der Waals surface area contributed by atoms with Gasteiger partial charge in [0.2, 0.25) is 15.9 Å². The van der Waals surface area contributed by atoms with Gasteiger partial charge in [-0.1, -0.05) is 36.4 Å². The normalized spacial score (nSPS) is 18.6. The molecule has 140 valence electrons. The lowest BCUT2D eigenvalue weighted by Crippen LogP contribution is -2.45. The van der Waals surface area contributed by atoms with Gasteiger partial charge in [0.25, 0.3) is 0 Å². The second kappa shape index (κ2) is 8.05. The van der Waals surface area contributed by atoms with Crippen LogP contribution in [-0.2, 0) is 14.8 Å². The molecule has 1 aliphatic heterocycles. The van der Waals surface area contributed by atoms with Crippen LogP contribution in [0.2, 0.25) is 0 Å². The van der Waals surface area contributed by atoms with Crippen molar-refractivity contribution in [3.63, 3.8) is 0 Å². The molecule has 1 unspecified atom stereocenters. The van der Waals surface area contributed by atoms with E-state index in [1.165, 1.54) is 10.6 Å². The van der Waals surface area contributed by atoms with E-state index in [-0.39, 0.29) is 18.4 Å². The quantitative estimate of drug-likeness (QED) is 0.783. The number of amides is 1. The number of benzene rings is 2. The molecule has 26 heavy (non-hydrogen) atoms. The Morgan fingerprint density at radius 2 is 2.00 bits per heavy atom. The molecule has 0 aliphatic carbocycles. The molecule has 1 heterocycles. The Balaban J connectivity index is 1.49. The van der Waals surface area contributed by atoms with Gasteiger partial charge in [-0.05, 0) is 24.3 Å². The third-order valence-electron chi connectivity index (χ3n) is 4.63. The van der Waals surface area contributed by atoms with Crippen molar-refractivity contribution >= 4 is 26.7 Å². The minimum Gasteiger partial charge on any atom is -0.491 e. The first-order valence-electron chi connectivity index (χ1n) is 8.78. The van der Waals surface area contributed by atoms with Crippen molar-refractivity contribution in [1.82, 2.24) is 9.62 Å². The Bertz CT molecular complexity index is 877. The van der Waals surface area contributed by atoms with Crippen LogP contribution in [0.5, 0.6) is 5.75 Å². The lowest BCUT2D eigenvalue weighted by atomic mass is 9.99. The van der Waals surface area contributed by atoms with Gasteiger partial charge in [-0.25, -0.2) is 12.7 Å². The summed E-state index contributed by atoms with van der Waals surface area (Å²) in [5, 5.41) is 5.00. The summed E-state index contributed by atoms with van der Waals surface area (Å²) in [7, 11) is -3.25. The molecule has 1 aliphatic rings. The third kappa shape index (κ3) is 4.53. The fraction of sp³-hybridized carbons (Fsp3) is 0.421. The van der Waals surface area contributed by atoms with Crippen LogP contribution < -0.4 is 10.1 Å².